The Morgan fingerprint density at radius 3 is 2.54 bits per heavy atom. The number of hydrogen-bond donors (Lipinski definition) is 0. The monoisotopic (exact) mass is 544 g/mol. The molecule has 2 aliphatic rings. The van der Waals surface area contributed by atoms with Crippen LogP contribution in [0.2, 0.25) is 5.02 Å². The molecule has 0 radical (unpaired) electrons. The van der Waals surface area contributed by atoms with Crippen molar-refractivity contribution in [2.24, 2.45) is 4.99 Å². The molecule has 2 aliphatic heterocycles. The quantitative estimate of drug-likeness (QED) is 0.461. The summed E-state index contributed by atoms with van der Waals surface area (Å²) in [5.74, 6) is -2.80. The number of amides is 1. The summed E-state index contributed by atoms with van der Waals surface area (Å²) in [6.45, 7) is -1.31. The predicted octanol–water partition coefficient (Wildman–Crippen LogP) is 5.58. The molecule has 1 fully saturated rings. The van der Waals surface area contributed by atoms with Gasteiger partial charge in [-0.15, -0.1) is 0 Å². The van der Waals surface area contributed by atoms with E-state index in [9.17, 15) is 26.7 Å². The summed E-state index contributed by atoms with van der Waals surface area (Å²) >= 11 is 6.17. The van der Waals surface area contributed by atoms with Gasteiger partial charge in [0.25, 0.3) is 5.92 Å². The Bertz CT molecular complexity index is 1170. The van der Waals surface area contributed by atoms with Crippen LogP contribution in [0, 0.1) is 0 Å². The zero-order valence-electron chi connectivity index (χ0n) is 20.2. The zero-order chi connectivity index (χ0) is 27.0. The van der Waals surface area contributed by atoms with Crippen molar-refractivity contribution in [2.45, 2.75) is 31.5 Å². The maximum atomic E-state index is 13.6. The summed E-state index contributed by atoms with van der Waals surface area (Å²) in [7, 11) is 1.75. The minimum absolute atomic E-state index is 0.192. The van der Waals surface area contributed by atoms with E-state index in [1.165, 1.54) is 0 Å². The van der Waals surface area contributed by atoms with E-state index in [2.05, 4.69) is 0 Å². The average molecular weight is 545 g/mol. The van der Waals surface area contributed by atoms with Crippen LogP contribution < -0.4 is 4.74 Å². The van der Waals surface area contributed by atoms with E-state index in [1.54, 1.807) is 31.3 Å². The van der Waals surface area contributed by atoms with Crippen LogP contribution >= 0.6 is 11.6 Å². The molecule has 0 saturated carbocycles. The van der Waals surface area contributed by atoms with Gasteiger partial charge in [-0.2, -0.15) is 13.2 Å². The van der Waals surface area contributed by atoms with Gasteiger partial charge in [0.2, 0.25) is 5.91 Å². The zero-order valence-corrected chi connectivity index (χ0v) is 21.0. The fourth-order valence-electron chi connectivity index (χ4n) is 4.41. The molecule has 0 bridgehead atoms. The van der Waals surface area contributed by atoms with E-state index in [1.807, 2.05) is 28.0 Å². The van der Waals surface area contributed by atoms with Gasteiger partial charge in [0.15, 0.2) is 5.75 Å². The van der Waals surface area contributed by atoms with Gasteiger partial charge in [-0.05, 0) is 37.4 Å². The van der Waals surface area contributed by atoms with Crippen LogP contribution in [-0.4, -0.2) is 84.4 Å². The Hall–Kier alpha value is -2.92. The van der Waals surface area contributed by atoms with Crippen molar-refractivity contribution in [2.75, 3.05) is 39.8 Å². The summed E-state index contributed by atoms with van der Waals surface area (Å²) < 4.78 is 72.3. The summed E-state index contributed by atoms with van der Waals surface area (Å²) in [4.78, 5) is 21.6. The van der Waals surface area contributed by atoms with E-state index in [0.29, 0.717) is 53.6 Å². The molecule has 0 N–H and O–H groups in total. The topological polar surface area (TPSA) is 48.4 Å². The van der Waals surface area contributed by atoms with Gasteiger partial charge in [0.05, 0.1) is 12.1 Å². The standard InChI is InChI=1S/C25H26ClF5N4O2/c1-24(27,28)14-35(15-25(29,30)31)22(36)12-17-13-34(10-9-33(17)2)23-18-5-3-4-6-20(18)37-21-8-7-16(26)11-19(21)32-23/h3-8,11,17H,9-10,12-15H2,1-2H3/t17-/m0/s1. The lowest BCUT2D eigenvalue weighted by Gasteiger charge is -2.41. The SMILES string of the molecule is CN1CCN(C2=Nc3cc(Cl)ccc3Oc3ccccc32)C[C@@H]1CC(=O)N(CC(C)(F)F)CC(F)(F)F. The molecule has 6 nitrogen and oxygen atoms in total. The molecule has 1 atom stereocenters. The third-order valence-corrected chi connectivity index (χ3v) is 6.41. The Labute approximate surface area is 216 Å². The van der Waals surface area contributed by atoms with Gasteiger partial charge in [-0.1, -0.05) is 23.7 Å². The lowest BCUT2D eigenvalue weighted by molar-refractivity contribution is -0.169. The Balaban J connectivity index is 1.60. The normalized spacial score (nSPS) is 18.3. The fraction of sp³-hybridized carbons (Fsp3) is 0.440. The highest BCUT2D eigenvalue weighted by Gasteiger charge is 2.39. The molecule has 0 unspecified atom stereocenters. The Kier molecular flexibility index (Phi) is 7.66. The van der Waals surface area contributed by atoms with Crippen LogP contribution in [0.25, 0.3) is 0 Å². The van der Waals surface area contributed by atoms with E-state index < -0.39 is 37.1 Å². The number of carbonyl (C=O) groups excluding carboxylic acids is 1. The highest BCUT2D eigenvalue weighted by atomic mass is 35.5. The molecule has 0 aromatic heterocycles. The Morgan fingerprint density at radius 1 is 1.11 bits per heavy atom. The van der Waals surface area contributed by atoms with Gasteiger partial charge in [0.1, 0.15) is 23.8 Å². The second kappa shape index (κ2) is 10.4. The number of amidine groups is 1. The summed E-state index contributed by atoms with van der Waals surface area (Å²) in [6.07, 6.45) is -5.15. The maximum Gasteiger partial charge on any atom is 0.406 e. The number of carbonyl (C=O) groups is 1. The molecule has 2 heterocycles. The number of rotatable bonds is 5. The summed E-state index contributed by atoms with van der Waals surface area (Å²) in [5.41, 5.74) is 1.21. The van der Waals surface area contributed by atoms with Gasteiger partial charge in [-0.3, -0.25) is 9.69 Å². The predicted molar refractivity (Wildman–Crippen MR) is 130 cm³/mol. The molecule has 2 aromatic carbocycles. The molecule has 0 spiro atoms. The molecular formula is C25H26ClF5N4O2. The first-order valence-corrected chi connectivity index (χ1v) is 12.0. The number of piperazine rings is 1. The van der Waals surface area contributed by atoms with Gasteiger partial charge < -0.3 is 14.5 Å². The van der Waals surface area contributed by atoms with Crippen LogP contribution in [0.3, 0.4) is 0 Å². The third kappa shape index (κ3) is 6.89. The van der Waals surface area contributed by atoms with Crippen molar-refractivity contribution >= 4 is 29.0 Å². The fourth-order valence-corrected chi connectivity index (χ4v) is 4.58. The van der Waals surface area contributed by atoms with E-state index >= 15 is 0 Å². The van der Waals surface area contributed by atoms with Gasteiger partial charge in [0, 0.05) is 44.0 Å². The van der Waals surface area contributed by atoms with Crippen molar-refractivity contribution in [3.05, 3.63) is 53.1 Å². The van der Waals surface area contributed by atoms with E-state index in [0.717, 1.165) is 0 Å². The number of halogens is 6. The molecule has 0 aliphatic carbocycles. The van der Waals surface area contributed by atoms with Crippen LogP contribution in [0.15, 0.2) is 47.5 Å². The van der Waals surface area contributed by atoms with Crippen molar-refractivity contribution in [1.29, 1.82) is 0 Å². The van der Waals surface area contributed by atoms with Crippen LogP contribution in [0.1, 0.15) is 18.9 Å². The molecule has 200 valence electrons. The first-order valence-electron chi connectivity index (χ1n) is 11.6. The number of aliphatic imine (C=N–C) groups is 1. The lowest BCUT2D eigenvalue weighted by Crippen LogP contribution is -2.55. The van der Waals surface area contributed by atoms with Crippen LogP contribution in [0.4, 0.5) is 27.6 Å². The third-order valence-electron chi connectivity index (χ3n) is 6.17. The van der Waals surface area contributed by atoms with E-state index in [4.69, 9.17) is 21.3 Å². The number of benzene rings is 2. The molecule has 37 heavy (non-hydrogen) atoms. The lowest BCUT2D eigenvalue weighted by atomic mass is 10.1. The largest absolute Gasteiger partial charge is 0.454 e. The number of ether oxygens (including phenoxy) is 1. The van der Waals surface area contributed by atoms with E-state index in [-0.39, 0.29) is 17.9 Å². The number of para-hydroxylation sites is 1. The van der Waals surface area contributed by atoms with Gasteiger partial charge in [-0.25, -0.2) is 13.8 Å². The van der Waals surface area contributed by atoms with Crippen molar-refractivity contribution in [3.8, 4) is 11.5 Å². The number of hydrogen-bond acceptors (Lipinski definition) is 5. The molecule has 12 heteroatoms. The molecule has 1 saturated heterocycles. The van der Waals surface area contributed by atoms with Crippen molar-refractivity contribution in [1.82, 2.24) is 14.7 Å². The first-order chi connectivity index (χ1) is 17.3. The summed E-state index contributed by atoms with van der Waals surface area (Å²) in [6, 6.07) is 11.8. The number of likely N-dealkylation sites (N-methyl/N-ethyl adjacent to an activating group) is 1. The molecule has 4 rings (SSSR count). The molecular weight excluding hydrogens is 519 g/mol. The van der Waals surface area contributed by atoms with Crippen molar-refractivity contribution in [3.63, 3.8) is 0 Å². The minimum atomic E-state index is -4.79. The second-order valence-electron chi connectivity index (χ2n) is 9.37. The second-order valence-corrected chi connectivity index (χ2v) is 9.80. The minimum Gasteiger partial charge on any atom is -0.454 e. The summed E-state index contributed by atoms with van der Waals surface area (Å²) in [5, 5.41) is 0.468. The number of alkyl halides is 5. The number of fused-ring (bicyclic) bond motifs is 2. The van der Waals surface area contributed by atoms with Gasteiger partial charge >= 0.3 is 6.18 Å². The average Bonchev–Trinajstić information content (AvgIpc) is 2.95. The van der Waals surface area contributed by atoms with Crippen LogP contribution in [0.5, 0.6) is 11.5 Å². The number of nitrogens with zero attached hydrogens (tertiary/aromatic N) is 4. The molecule has 2 aromatic rings. The molecule has 1 amide bonds. The maximum absolute atomic E-state index is 13.6. The highest BCUT2D eigenvalue weighted by molar-refractivity contribution is 6.31. The van der Waals surface area contributed by atoms with Crippen molar-refractivity contribution < 1.29 is 31.5 Å². The highest BCUT2D eigenvalue weighted by Crippen LogP contribution is 2.39. The smallest absolute Gasteiger partial charge is 0.406 e. The first kappa shape index (κ1) is 27.1. The van der Waals surface area contributed by atoms with Crippen LogP contribution in [-0.2, 0) is 4.79 Å². The Morgan fingerprint density at radius 2 is 1.84 bits per heavy atom.